The van der Waals surface area contributed by atoms with Crippen molar-refractivity contribution in [1.82, 2.24) is 4.90 Å². The van der Waals surface area contributed by atoms with Gasteiger partial charge in [0.25, 0.3) is 0 Å². The SMILES string of the molecule is CN(C(=O)C1CC1c1ccccc1)C(C)(C)CO. The Morgan fingerprint density at radius 1 is 1.39 bits per heavy atom. The molecule has 0 bridgehead atoms. The van der Waals surface area contributed by atoms with Gasteiger partial charge >= 0.3 is 0 Å². The number of nitrogens with zero attached hydrogens (tertiary/aromatic N) is 1. The molecular weight excluding hydrogens is 226 g/mol. The highest BCUT2D eigenvalue weighted by Crippen LogP contribution is 2.48. The van der Waals surface area contributed by atoms with E-state index in [1.54, 1.807) is 11.9 Å². The molecule has 0 saturated heterocycles. The second-order valence-corrected chi connectivity index (χ2v) is 5.73. The first-order chi connectivity index (χ1) is 8.47. The molecule has 1 fully saturated rings. The number of aliphatic hydroxyl groups excluding tert-OH is 1. The summed E-state index contributed by atoms with van der Waals surface area (Å²) in [7, 11) is 1.78. The number of hydrogen-bond acceptors (Lipinski definition) is 2. The van der Waals surface area contributed by atoms with E-state index in [1.807, 2.05) is 32.0 Å². The van der Waals surface area contributed by atoms with Crippen molar-refractivity contribution in [3.8, 4) is 0 Å². The van der Waals surface area contributed by atoms with Gasteiger partial charge in [0.1, 0.15) is 0 Å². The van der Waals surface area contributed by atoms with Gasteiger partial charge in [-0.15, -0.1) is 0 Å². The number of hydrogen-bond donors (Lipinski definition) is 1. The second-order valence-electron chi connectivity index (χ2n) is 5.73. The van der Waals surface area contributed by atoms with Gasteiger partial charge in [-0.3, -0.25) is 4.79 Å². The van der Waals surface area contributed by atoms with Crippen LogP contribution in [-0.2, 0) is 4.79 Å². The Morgan fingerprint density at radius 3 is 2.56 bits per heavy atom. The first-order valence-corrected chi connectivity index (χ1v) is 6.41. The third kappa shape index (κ3) is 2.41. The lowest BCUT2D eigenvalue weighted by Gasteiger charge is -2.34. The van der Waals surface area contributed by atoms with Crippen LogP contribution in [0.25, 0.3) is 0 Å². The van der Waals surface area contributed by atoms with Crippen LogP contribution in [0.2, 0.25) is 0 Å². The largest absolute Gasteiger partial charge is 0.394 e. The van der Waals surface area contributed by atoms with E-state index in [-0.39, 0.29) is 18.4 Å². The van der Waals surface area contributed by atoms with Crippen LogP contribution < -0.4 is 0 Å². The Morgan fingerprint density at radius 2 is 2.00 bits per heavy atom. The van der Waals surface area contributed by atoms with Crippen LogP contribution in [0.1, 0.15) is 31.7 Å². The lowest BCUT2D eigenvalue weighted by Crippen LogP contribution is -2.48. The Labute approximate surface area is 108 Å². The summed E-state index contributed by atoms with van der Waals surface area (Å²) in [6.07, 6.45) is 0.925. The lowest BCUT2D eigenvalue weighted by molar-refractivity contribution is -0.137. The van der Waals surface area contributed by atoms with Gasteiger partial charge in [-0.2, -0.15) is 0 Å². The summed E-state index contributed by atoms with van der Waals surface area (Å²) < 4.78 is 0. The Balaban J connectivity index is 2.02. The predicted octanol–water partition coefficient (Wildman–Crippen LogP) is 2.02. The minimum Gasteiger partial charge on any atom is -0.394 e. The van der Waals surface area contributed by atoms with Crippen molar-refractivity contribution in [2.24, 2.45) is 5.92 Å². The van der Waals surface area contributed by atoms with Gasteiger partial charge in [-0.1, -0.05) is 30.3 Å². The molecule has 0 aliphatic heterocycles. The summed E-state index contributed by atoms with van der Waals surface area (Å²) >= 11 is 0. The fraction of sp³-hybridized carbons (Fsp3) is 0.533. The summed E-state index contributed by atoms with van der Waals surface area (Å²) in [6, 6.07) is 10.2. The fourth-order valence-corrected chi connectivity index (χ4v) is 2.19. The van der Waals surface area contributed by atoms with E-state index in [2.05, 4.69) is 12.1 Å². The first kappa shape index (κ1) is 13.1. The monoisotopic (exact) mass is 247 g/mol. The van der Waals surface area contributed by atoms with Crippen LogP contribution in [0, 0.1) is 5.92 Å². The molecule has 0 radical (unpaired) electrons. The molecule has 3 heteroatoms. The Bertz CT molecular complexity index is 427. The summed E-state index contributed by atoms with van der Waals surface area (Å²) in [5, 5.41) is 9.30. The van der Waals surface area contributed by atoms with E-state index in [0.717, 1.165) is 6.42 Å². The molecular formula is C15H21NO2. The average Bonchev–Trinajstić information content (AvgIpc) is 3.18. The van der Waals surface area contributed by atoms with Gasteiger partial charge in [0, 0.05) is 13.0 Å². The van der Waals surface area contributed by atoms with Crippen LogP contribution in [0.15, 0.2) is 30.3 Å². The zero-order valence-electron chi connectivity index (χ0n) is 11.3. The van der Waals surface area contributed by atoms with E-state index in [1.165, 1.54) is 5.56 Å². The van der Waals surface area contributed by atoms with Crippen molar-refractivity contribution in [3.05, 3.63) is 35.9 Å². The maximum absolute atomic E-state index is 12.3. The van der Waals surface area contributed by atoms with Crippen LogP contribution in [0.4, 0.5) is 0 Å². The molecule has 1 saturated carbocycles. The molecule has 2 atom stereocenters. The highest BCUT2D eigenvalue weighted by Gasteiger charge is 2.46. The van der Waals surface area contributed by atoms with Gasteiger partial charge in [0.2, 0.25) is 5.91 Å². The van der Waals surface area contributed by atoms with Crippen LogP contribution in [0.3, 0.4) is 0 Å². The molecule has 2 unspecified atom stereocenters. The summed E-state index contributed by atoms with van der Waals surface area (Å²) in [6.45, 7) is 3.74. The predicted molar refractivity (Wildman–Crippen MR) is 71.2 cm³/mol. The van der Waals surface area contributed by atoms with E-state index in [9.17, 15) is 9.90 Å². The Kier molecular flexibility index (Phi) is 3.44. The molecule has 1 aromatic rings. The normalized spacial score (nSPS) is 22.7. The minimum atomic E-state index is -0.485. The Hall–Kier alpha value is -1.35. The van der Waals surface area contributed by atoms with Crippen molar-refractivity contribution < 1.29 is 9.90 Å². The fourth-order valence-electron chi connectivity index (χ4n) is 2.19. The molecule has 1 aromatic carbocycles. The average molecular weight is 247 g/mol. The van der Waals surface area contributed by atoms with Crippen molar-refractivity contribution in [3.63, 3.8) is 0 Å². The van der Waals surface area contributed by atoms with Crippen molar-refractivity contribution in [1.29, 1.82) is 0 Å². The van der Waals surface area contributed by atoms with E-state index >= 15 is 0 Å². The molecule has 1 amide bonds. The van der Waals surface area contributed by atoms with Gasteiger partial charge in [-0.05, 0) is 31.7 Å². The van der Waals surface area contributed by atoms with Crippen molar-refractivity contribution in [2.45, 2.75) is 31.7 Å². The number of carbonyl (C=O) groups is 1. The molecule has 0 aromatic heterocycles. The van der Waals surface area contributed by atoms with E-state index < -0.39 is 5.54 Å². The summed E-state index contributed by atoms with van der Waals surface area (Å²) in [4.78, 5) is 14.0. The molecule has 0 heterocycles. The van der Waals surface area contributed by atoms with Crippen molar-refractivity contribution in [2.75, 3.05) is 13.7 Å². The minimum absolute atomic E-state index is 0.0159. The zero-order chi connectivity index (χ0) is 13.3. The van der Waals surface area contributed by atoms with Crippen LogP contribution in [0.5, 0.6) is 0 Å². The zero-order valence-corrected chi connectivity index (χ0v) is 11.3. The van der Waals surface area contributed by atoms with Gasteiger partial charge in [0.05, 0.1) is 12.1 Å². The first-order valence-electron chi connectivity index (χ1n) is 6.41. The second kappa shape index (κ2) is 4.73. The third-order valence-electron chi connectivity index (χ3n) is 3.96. The molecule has 18 heavy (non-hydrogen) atoms. The molecule has 98 valence electrons. The quantitative estimate of drug-likeness (QED) is 0.884. The molecule has 0 spiro atoms. The highest BCUT2D eigenvalue weighted by molar-refractivity contribution is 5.83. The van der Waals surface area contributed by atoms with Crippen LogP contribution >= 0.6 is 0 Å². The van der Waals surface area contributed by atoms with Gasteiger partial charge in [0.15, 0.2) is 0 Å². The topological polar surface area (TPSA) is 40.5 Å². The molecule has 1 aliphatic rings. The third-order valence-corrected chi connectivity index (χ3v) is 3.96. The maximum atomic E-state index is 12.3. The number of likely N-dealkylation sites (N-methyl/N-ethyl adjacent to an activating group) is 1. The number of aliphatic hydroxyl groups is 1. The number of amides is 1. The molecule has 1 N–H and O–H groups in total. The van der Waals surface area contributed by atoms with E-state index in [4.69, 9.17) is 0 Å². The molecule has 1 aliphatic carbocycles. The lowest BCUT2D eigenvalue weighted by atomic mass is 10.0. The summed E-state index contributed by atoms with van der Waals surface area (Å²) in [5.41, 5.74) is 0.757. The number of benzene rings is 1. The molecule has 2 rings (SSSR count). The van der Waals surface area contributed by atoms with Crippen molar-refractivity contribution >= 4 is 5.91 Å². The van der Waals surface area contributed by atoms with Crippen LogP contribution in [-0.4, -0.2) is 35.1 Å². The van der Waals surface area contributed by atoms with Gasteiger partial charge < -0.3 is 10.0 Å². The smallest absolute Gasteiger partial charge is 0.226 e. The molecule has 3 nitrogen and oxygen atoms in total. The van der Waals surface area contributed by atoms with E-state index in [0.29, 0.717) is 5.92 Å². The highest BCUT2D eigenvalue weighted by atomic mass is 16.3. The summed E-state index contributed by atoms with van der Waals surface area (Å²) in [5.74, 6) is 0.585. The number of rotatable bonds is 4. The number of carbonyl (C=O) groups excluding carboxylic acids is 1. The maximum Gasteiger partial charge on any atom is 0.226 e. The standard InChI is InChI=1S/C15H21NO2/c1-15(2,10-17)16(3)14(18)13-9-12(13)11-7-5-4-6-8-11/h4-8,12-13,17H,9-10H2,1-3H3. The van der Waals surface area contributed by atoms with Gasteiger partial charge in [-0.25, -0.2) is 0 Å².